The molecular formula is C20H19N5O3. The van der Waals surface area contributed by atoms with Gasteiger partial charge in [-0.25, -0.2) is 9.78 Å². The third-order valence-corrected chi connectivity index (χ3v) is 4.33. The van der Waals surface area contributed by atoms with Crippen molar-refractivity contribution in [2.24, 2.45) is 7.05 Å². The number of hydrogen-bond donors (Lipinski definition) is 1. The number of rotatable bonds is 4. The standard InChI is InChI=1S/C20H19N5O3/c1-4-28-20(27)17-18(22-16-8-5-12(2)10-25(16)19(17)26)21-14-6-7-15-13(9-14)11-24(3)23-15/h5-11,21H,4H2,1-3H3. The second-order valence-electron chi connectivity index (χ2n) is 6.50. The SMILES string of the molecule is CCOC(=O)c1c(Nc2ccc3nn(C)cc3c2)nc2ccc(C)cn2c1=O. The topological polar surface area (TPSA) is 90.5 Å². The number of esters is 1. The highest BCUT2D eigenvalue weighted by molar-refractivity contribution is 5.96. The second kappa shape index (κ2) is 6.80. The summed E-state index contributed by atoms with van der Waals surface area (Å²) in [6, 6.07) is 9.16. The smallest absolute Gasteiger partial charge is 0.347 e. The van der Waals surface area contributed by atoms with Gasteiger partial charge in [0.15, 0.2) is 11.4 Å². The van der Waals surface area contributed by atoms with Gasteiger partial charge in [0.1, 0.15) is 5.65 Å². The summed E-state index contributed by atoms with van der Waals surface area (Å²) in [4.78, 5) is 30.0. The molecule has 0 bridgehead atoms. The summed E-state index contributed by atoms with van der Waals surface area (Å²) in [6.07, 6.45) is 3.54. The van der Waals surface area contributed by atoms with Crippen LogP contribution in [0.2, 0.25) is 0 Å². The number of carbonyl (C=O) groups excluding carboxylic acids is 1. The van der Waals surface area contributed by atoms with Gasteiger partial charge in [0.05, 0.1) is 12.1 Å². The predicted molar refractivity (Wildman–Crippen MR) is 106 cm³/mol. The highest BCUT2D eigenvalue weighted by Gasteiger charge is 2.21. The fourth-order valence-corrected chi connectivity index (χ4v) is 3.09. The van der Waals surface area contributed by atoms with Crippen LogP contribution in [-0.4, -0.2) is 31.7 Å². The average Bonchev–Trinajstić information content (AvgIpc) is 3.02. The number of ether oxygens (including phenoxy) is 1. The van der Waals surface area contributed by atoms with E-state index >= 15 is 0 Å². The first-order valence-electron chi connectivity index (χ1n) is 8.87. The maximum atomic E-state index is 13.0. The lowest BCUT2D eigenvalue weighted by molar-refractivity contribution is 0.0525. The quantitative estimate of drug-likeness (QED) is 0.550. The Morgan fingerprint density at radius 1 is 1.21 bits per heavy atom. The van der Waals surface area contributed by atoms with Crippen LogP contribution in [0.25, 0.3) is 16.6 Å². The molecule has 8 nitrogen and oxygen atoms in total. The van der Waals surface area contributed by atoms with Crippen molar-refractivity contribution >= 4 is 34.0 Å². The van der Waals surface area contributed by atoms with Gasteiger partial charge in [-0.3, -0.25) is 13.9 Å². The number of hydrogen-bond acceptors (Lipinski definition) is 6. The van der Waals surface area contributed by atoms with E-state index in [4.69, 9.17) is 4.74 Å². The van der Waals surface area contributed by atoms with Crippen LogP contribution in [0, 0.1) is 6.92 Å². The Kier molecular flexibility index (Phi) is 4.31. The second-order valence-corrected chi connectivity index (χ2v) is 6.50. The van der Waals surface area contributed by atoms with E-state index in [-0.39, 0.29) is 18.0 Å². The lowest BCUT2D eigenvalue weighted by Crippen LogP contribution is -2.26. The van der Waals surface area contributed by atoms with Crippen LogP contribution < -0.4 is 10.9 Å². The first-order chi connectivity index (χ1) is 13.5. The molecule has 0 spiro atoms. The van der Waals surface area contributed by atoms with Gasteiger partial charge in [-0.1, -0.05) is 6.07 Å². The van der Waals surface area contributed by atoms with Crippen LogP contribution in [0.5, 0.6) is 0 Å². The van der Waals surface area contributed by atoms with Crippen molar-refractivity contribution in [3.8, 4) is 0 Å². The molecule has 28 heavy (non-hydrogen) atoms. The van der Waals surface area contributed by atoms with Gasteiger partial charge in [-0.15, -0.1) is 0 Å². The van der Waals surface area contributed by atoms with E-state index in [0.29, 0.717) is 11.3 Å². The largest absolute Gasteiger partial charge is 0.462 e. The van der Waals surface area contributed by atoms with Crippen molar-refractivity contribution in [1.82, 2.24) is 19.2 Å². The molecule has 0 aliphatic rings. The van der Waals surface area contributed by atoms with Crippen molar-refractivity contribution in [3.63, 3.8) is 0 Å². The maximum Gasteiger partial charge on any atom is 0.347 e. The Morgan fingerprint density at radius 3 is 2.82 bits per heavy atom. The van der Waals surface area contributed by atoms with E-state index in [1.807, 2.05) is 44.4 Å². The Labute approximate surface area is 160 Å². The molecule has 4 rings (SSSR count). The van der Waals surface area contributed by atoms with Crippen molar-refractivity contribution in [3.05, 3.63) is 64.2 Å². The minimum atomic E-state index is -0.708. The number of fused-ring (bicyclic) bond motifs is 2. The minimum absolute atomic E-state index is 0.128. The zero-order valence-corrected chi connectivity index (χ0v) is 15.8. The summed E-state index contributed by atoms with van der Waals surface area (Å²) in [5, 5.41) is 8.37. The maximum absolute atomic E-state index is 13.0. The van der Waals surface area contributed by atoms with Crippen molar-refractivity contribution in [2.75, 3.05) is 11.9 Å². The van der Waals surface area contributed by atoms with Crippen molar-refractivity contribution in [1.29, 1.82) is 0 Å². The summed E-state index contributed by atoms with van der Waals surface area (Å²) in [5.41, 5.74) is 2.26. The molecule has 4 aromatic rings. The molecule has 3 heterocycles. The number of pyridine rings is 1. The highest BCUT2D eigenvalue weighted by atomic mass is 16.5. The van der Waals surface area contributed by atoms with Gasteiger partial charge in [0.2, 0.25) is 0 Å². The molecule has 0 fully saturated rings. The lowest BCUT2D eigenvalue weighted by atomic mass is 10.2. The van der Waals surface area contributed by atoms with Crippen LogP contribution in [0.4, 0.5) is 11.5 Å². The van der Waals surface area contributed by atoms with Gasteiger partial charge < -0.3 is 10.1 Å². The van der Waals surface area contributed by atoms with E-state index < -0.39 is 11.5 Å². The molecule has 0 saturated heterocycles. The van der Waals surface area contributed by atoms with Crippen molar-refractivity contribution < 1.29 is 9.53 Å². The zero-order valence-electron chi connectivity index (χ0n) is 15.8. The number of aromatic nitrogens is 4. The minimum Gasteiger partial charge on any atom is -0.462 e. The Hall–Kier alpha value is -3.68. The van der Waals surface area contributed by atoms with E-state index in [1.54, 1.807) is 23.9 Å². The normalized spacial score (nSPS) is 11.1. The molecule has 0 amide bonds. The summed E-state index contributed by atoms with van der Waals surface area (Å²) >= 11 is 0. The van der Waals surface area contributed by atoms with Gasteiger partial charge in [0.25, 0.3) is 5.56 Å². The predicted octanol–water partition coefficient (Wildman–Crippen LogP) is 2.81. The molecule has 0 radical (unpaired) electrons. The Balaban J connectivity index is 1.87. The molecule has 0 atom stereocenters. The molecule has 0 aliphatic heterocycles. The number of aryl methyl sites for hydroxylation is 2. The number of nitrogens with zero attached hydrogens (tertiary/aromatic N) is 4. The van der Waals surface area contributed by atoms with E-state index in [2.05, 4.69) is 15.4 Å². The lowest BCUT2D eigenvalue weighted by Gasteiger charge is -2.12. The number of benzene rings is 1. The molecule has 1 N–H and O–H groups in total. The summed E-state index contributed by atoms with van der Waals surface area (Å²) in [6.45, 7) is 3.72. The van der Waals surface area contributed by atoms with Crippen LogP contribution in [0.3, 0.4) is 0 Å². The monoisotopic (exact) mass is 377 g/mol. The fourth-order valence-electron chi connectivity index (χ4n) is 3.09. The number of carbonyl (C=O) groups is 1. The zero-order chi connectivity index (χ0) is 19.8. The van der Waals surface area contributed by atoms with Crippen LogP contribution in [0.1, 0.15) is 22.8 Å². The summed E-state index contributed by atoms with van der Waals surface area (Å²) < 4.78 is 8.18. The molecule has 0 saturated carbocycles. The molecule has 1 aromatic carbocycles. The first kappa shape index (κ1) is 17.7. The van der Waals surface area contributed by atoms with Crippen LogP contribution >= 0.6 is 0 Å². The van der Waals surface area contributed by atoms with Crippen molar-refractivity contribution in [2.45, 2.75) is 13.8 Å². The number of nitrogens with one attached hydrogen (secondary N) is 1. The molecular weight excluding hydrogens is 358 g/mol. The fraction of sp³-hybridized carbons (Fsp3) is 0.200. The van der Waals surface area contributed by atoms with E-state index in [0.717, 1.165) is 16.5 Å². The summed E-state index contributed by atoms with van der Waals surface area (Å²) in [7, 11) is 1.85. The van der Waals surface area contributed by atoms with Gasteiger partial charge >= 0.3 is 5.97 Å². The van der Waals surface area contributed by atoms with Crippen LogP contribution in [0.15, 0.2) is 47.5 Å². The number of anilines is 2. The molecule has 0 unspecified atom stereocenters. The molecule has 8 heteroatoms. The third-order valence-electron chi connectivity index (χ3n) is 4.33. The van der Waals surface area contributed by atoms with E-state index in [9.17, 15) is 9.59 Å². The van der Waals surface area contributed by atoms with Crippen LogP contribution in [-0.2, 0) is 11.8 Å². The van der Waals surface area contributed by atoms with Gasteiger partial charge in [-0.2, -0.15) is 5.10 Å². The van der Waals surface area contributed by atoms with Gasteiger partial charge in [-0.05, 0) is 43.7 Å². The molecule has 3 aromatic heterocycles. The Bertz CT molecular complexity index is 1270. The first-order valence-corrected chi connectivity index (χ1v) is 8.87. The molecule has 142 valence electrons. The Morgan fingerprint density at radius 2 is 2.04 bits per heavy atom. The highest BCUT2D eigenvalue weighted by Crippen LogP contribution is 2.22. The van der Waals surface area contributed by atoms with Gasteiger partial charge in [0, 0.05) is 30.5 Å². The molecule has 0 aliphatic carbocycles. The van der Waals surface area contributed by atoms with E-state index in [1.165, 1.54) is 4.40 Å². The average molecular weight is 377 g/mol. The summed E-state index contributed by atoms with van der Waals surface area (Å²) in [5.74, 6) is -0.545. The third kappa shape index (κ3) is 3.09.